The van der Waals surface area contributed by atoms with Gasteiger partial charge >= 0.3 is 0 Å². The summed E-state index contributed by atoms with van der Waals surface area (Å²) >= 11 is 0. The minimum atomic E-state index is -0.559. The van der Waals surface area contributed by atoms with Gasteiger partial charge in [-0.1, -0.05) is 0 Å². The number of carbonyl (C=O) groups is 1. The summed E-state index contributed by atoms with van der Waals surface area (Å²) in [6.07, 6.45) is 1.94. The summed E-state index contributed by atoms with van der Waals surface area (Å²) in [5.74, 6) is -0.360. The number of nitrogens with two attached hydrogens (primary N) is 1. The van der Waals surface area contributed by atoms with Gasteiger partial charge in [-0.05, 0) is 6.42 Å². The number of H-pyrrole nitrogens is 1. The van der Waals surface area contributed by atoms with Crippen molar-refractivity contribution in [1.82, 2.24) is 10.3 Å². The van der Waals surface area contributed by atoms with Crippen LogP contribution in [0.3, 0.4) is 0 Å². The lowest BCUT2D eigenvalue weighted by atomic mass is 10.4. The number of aromatic amines is 1. The number of hydrogen-bond donors (Lipinski definition) is 3. The molecule has 0 saturated heterocycles. The molecule has 0 aliphatic heterocycles. The van der Waals surface area contributed by atoms with E-state index in [-0.39, 0.29) is 29.4 Å². The Bertz CT molecular complexity index is 414. The molecule has 1 aliphatic carbocycles. The molecular weight excluding hydrogens is 200 g/mol. The highest BCUT2D eigenvalue weighted by molar-refractivity contribution is 5.93. The van der Waals surface area contributed by atoms with E-state index in [2.05, 4.69) is 10.3 Å². The first-order chi connectivity index (χ1) is 7.08. The topological polar surface area (TPSA) is 114 Å². The molecule has 7 nitrogen and oxygen atoms in total. The first-order valence-electron chi connectivity index (χ1n) is 4.47. The summed E-state index contributed by atoms with van der Waals surface area (Å²) < 4.78 is 0. The third-order valence-corrected chi connectivity index (χ3v) is 2.28. The largest absolute Gasteiger partial charge is 0.351 e. The molecule has 2 rings (SSSR count). The third-order valence-electron chi connectivity index (χ3n) is 2.28. The fourth-order valence-electron chi connectivity index (χ4n) is 1.25. The maximum Gasteiger partial charge on any atom is 0.287 e. The maximum absolute atomic E-state index is 11.5. The Morgan fingerprint density at radius 3 is 2.87 bits per heavy atom. The van der Waals surface area contributed by atoms with Gasteiger partial charge in [-0.3, -0.25) is 14.9 Å². The molecule has 0 bridgehead atoms. The second-order valence-electron chi connectivity index (χ2n) is 3.51. The van der Waals surface area contributed by atoms with E-state index in [1.54, 1.807) is 0 Å². The molecule has 2 unspecified atom stereocenters. The summed E-state index contributed by atoms with van der Waals surface area (Å²) in [6.45, 7) is 0. The van der Waals surface area contributed by atoms with Gasteiger partial charge in [0.2, 0.25) is 0 Å². The van der Waals surface area contributed by atoms with Gasteiger partial charge in [0.05, 0.1) is 11.1 Å². The van der Waals surface area contributed by atoms with E-state index in [1.807, 2.05) is 0 Å². The molecule has 1 heterocycles. The van der Waals surface area contributed by atoms with Gasteiger partial charge in [-0.2, -0.15) is 0 Å². The van der Waals surface area contributed by atoms with Crippen molar-refractivity contribution in [2.75, 3.05) is 0 Å². The van der Waals surface area contributed by atoms with Gasteiger partial charge < -0.3 is 16.0 Å². The molecule has 1 amide bonds. The standard InChI is InChI=1S/C8H10N4O3/c9-5-2-6(5)11-8(13)7-1-4(3-10-7)12(14)15/h1,3,5-6,10H,2,9H2,(H,11,13). The molecular formula is C8H10N4O3. The Kier molecular flexibility index (Phi) is 2.16. The average molecular weight is 210 g/mol. The molecule has 1 aromatic heterocycles. The zero-order chi connectivity index (χ0) is 11.0. The van der Waals surface area contributed by atoms with E-state index in [4.69, 9.17) is 5.73 Å². The Labute approximate surface area is 84.8 Å². The van der Waals surface area contributed by atoms with Crippen LogP contribution in [-0.4, -0.2) is 27.9 Å². The quantitative estimate of drug-likeness (QED) is 0.471. The molecule has 7 heteroatoms. The lowest BCUT2D eigenvalue weighted by molar-refractivity contribution is -0.384. The van der Waals surface area contributed by atoms with Crippen LogP contribution in [0.4, 0.5) is 5.69 Å². The molecule has 2 atom stereocenters. The van der Waals surface area contributed by atoms with Gasteiger partial charge in [0.1, 0.15) is 5.69 Å². The molecule has 1 aliphatic rings. The van der Waals surface area contributed by atoms with Gasteiger partial charge in [-0.15, -0.1) is 0 Å². The van der Waals surface area contributed by atoms with Crippen LogP contribution < -0.4 is 11.1 Å². The fourth-order valence-corrected chi connectivity index (χ4v) is 1.25. The van der Waals surface area contributed by atoms with Crippen molar-refractivity contribution in [3.63, 3.8) is 0 Å². The van der Waals surface area contributed by atoms with Crippen molar-refractivity contribution in [1.29, 1.82) is 0 Å². The number of nitrogens with one attached hydrogen (secondary N) is 2. The first kappa shape index (κ1) is 9.66. The Morgan fingerprint density at radius 2 is 2.40 bits per heavy atom. The van der Waals surface area contributed by atoms with E-state index in [1.165, 1.54) is 12.3 Å². The average Bonchev–Trinajstić information content (AvgIpc) is 2.71. The van der Waals surface area contributed by atoms with Crippen LogP contribution in [0.5, 0.6) is 0 Å². The highest BCUT2D eigenvalue weighted by Crippen LogP contribution is 2.19. The number of aromatic nitrogens is 1. The van der Waals surface area contributed by atoms with E-state index in [0.29, 0.717) is 0 Å². The zero-order valence-electron chi connectivity index (χ0n) is 7.77. The third kappa shape index (κ3) is 1.96. The SMILES string of the molecule is NC1CC1NC(=O)c1cc([N+](=O)[O-])c[nH]1. The summed E-state index contributed by atoms with van der Waals surface area (Å²) in [4.78, 5) is 23.8. The van der Waals surface area contributed by atoms with Crippen LogP contribution >= 0.6 is 0 Å². The second-order valence-corrected chi connectivity index (χ2v) is 3.51. The normalized spacial score (nSPS) is 23.5. The van der Waals surface area contributed by atoms with Crippen LogP contribution in [0.15, 0.2) is 12.3 Å². The summed E-state index contributed by atoms with van der Waals surface area (Å²) in [6, 6.07) is 1.21. The summed E-state index contributed by atoms with van der Waals surface area (Å²) in [7, 11) is 0. The molecule has 0 aromatic carbocycles. The van der Waals surface area contributed by atoms with Gasteiger partial charge in [0.15, 0.2) is 0 Å². The Hall–Kier alpha value is -1.89. The van der Waals surface area contributed by atoms with Crippen LogP contribution in [-0.2, 0) is 0 Å². The highest BCUT2D eigenvalue weighted by Gasteiger charge is 2.35. The molecule has 1 aromatic rings. The molecule has 4 N–H and O–H groups in total. The van der Waals surface area contributed by atoms with Gasteiger partial charge in [0.25, 0.3) is 11.6 Å². The van der Waals surface area contributed by atoms with Crippen molar-refractivity contribution in [3.05, 3.63) is 28.1 Å². The molecule has 0 radical (unpaired) electrons. The maximum atomic E-state index is 11.5. The van der Waals surface area contributed by atoms with Gasteiger partial charge in [0, 0.05) is 18.2 Å². The first-order valence-corrected chi connectivity index (χ1v) is 4.47. The number of carbonyl (C=O) groups excluding carboxylic acids is 1. The number of nitrogens with zero attached hydrogens (tertiary/aromatic N) is 1. The van der Waals surface area contributed by atoms with Crippen LogP contribution in [0, 0.1) is 10.1 Å². The molecule has 80 valence electrons. The Morgan fingerprint density at radius 1 is 1.73 bits per heavy atom. The minimum Gasteiger partial charge on any atom is -0.351 e. The van der Waals surface area contributed by atoms with Crippen molar-refractivity contribution < 1.29 is 9.72 Å². The monoisotopic (exact) mass is 210 g/mol. The highest BCUT2D eigenvalue weighted by atomic mass is 16.6. The smallest absolute Gasteiger partial charge is 0.287 e. The number of hydrogen-bond acceptors (Lipinski definition) is 4. The molecule has 15 heavy (non-hydrogen) atoms. The van der Waals surface area contributed by atoms with Crippen molar-refractivity contribution in [3.8, 4) is 0 Å². The predicted octanol–water partition coefficient (Wildman–Crippen LogP) is -0.248. The minimum absolute atomic E-state index is 0.000133. The van der Waals surface area contributed by atoms with Crippen molar-refractivity contribution in [2.45, 2.75) is 18.5 Å². The Balaban J connectivity index is 2.02. The van der Waals surface area contributed by atoms with Crippen LogP contribution in [0.25, 0.3) is 0 Å². The summed E-state index contributed by atoms with van der Waals surface area (Å²) in [5.41, 5.74) is 5.57. The van der Waals surface area contributed by atoms with Gasteiger partial charge in [-0.25, -0.2) is 0 Å². The van der Waals surface area contributed by atoms with E-state index >= 15 is 0 Å². The lowest BCUT2D eigenvalue weighted by Gasteiger charge is -1.99. The molecule has 1 saturated carbocycles. The lowest BCUT2D eigenvalue weighted by Crippen LogP contribution is -2.29. The number of rotatable bonds is 3. The van der Waals surface area contributed by atoms with E-state index in [9.17, 15) is 14.9 Å². The van der Waals surface area contributed by atoms with E-state index in [0.717, 1.165) is 6.42 Å². The molecule has 0 spiro atoms. The predicted molar refractivity (Wildman–Crippen MR) is 51.3 cm³/mol. The summed E-state index contributed by atoms with van der Waals surface area (Å²) in [5, 5.41) is 13.0. The van der Waals surface area contributed by atoms with Crippen LogP contribution in [0.2, 0.25) is 0 Å². The number of amides is 1. The molecule has 1 fully saturated rings. The van der Waals surface area contributed by atoms with E-state index < -0.39 is 4.92 Å². The second kappa shape index (κ2) is 3.35. The van der Waals surface area contributed by atoms with Crippen LogP contribution in [0.1, 0.15) is 16.9 Å². The van der Waals surface area contributed by atoms with Crippen molar-refractivity contribution in [2.24, 2.45) is 5.73 Å². The van der Waals surface area contributed by atoms with Crippen molar-refractivity contribution >= 4 is 11.6 Å². The fraction of sp³-hybridized carbons (Fsp3) is 0.375. The zero-order valence-corrected chi connectivity index (χ0v) is 7.77. The number of nitro groups is 1.